The number of methoxy groups -OCH3 is 1. The van der Waals surface area contributed by atoms with Crippen LogP contribution in [0, 0.1) is 6.92 Å². The predicted molar refractivity (Wildman–Crippen MR) is 135 cm³/mol. The zero-order valence-corrected chi connectivity index (χ0v) is 20.2. The molecule has 0 saturated carbocycles. The van der Waals surface area contributed by atoms with Crippen molar-refractivity contribution >= 4 is 24.0 Å². The summed E-state index contributed by atoms with van der Waals surface area (Å²) < 4.78 is 16.1. The van der Waals surface area contributed by atoms with Gasteiger partial charge >= 0.3 is 5.97 Å². The number of carbonyl (C=O) groups is 3. The van der Waals surface area contributed by atoms with Gasteiger partial charge in [-0.15, -0.1) is 0 Å². The fraction of sp³-hybridized carbons (Fsp3) is 0.185. The van der Waals surface area contributed by atoms with Gasteiger partial charge < -0.3 is 19.5 Å². The number of rotatable bonds is 10. The van der Waals surface area contributed by atoms with Gasteiger partial charge in [0.25, 0.3) is 11.8 Å². The molecule has 9 nitrogen and oxygen atoms in total. The van der Waals surface area contributed by atoms with Crippen LogP contribution in [0.5, 0.6) is 17.2 Å². The maximum atomic E-state index is 12.4. The Kier molecular flexibility index (Phi) is 9.16. The fourth-order valence-corrected chi connectivity index (χ4v) is 3.05. The third-order valence-electron chi connectivity index (χ3n) is 4.92. The Hall–Kier alpha value is -4.66. The topological polar surface area (TPSA) is 115 Å². The first-order valence-corrected chi connectivity index (χ1v) is 11.2. The molecule has 0 aromatic heterocycles. The van der Waals surface area contributed by atoms with Crippen LogP contribution in [-0.4, -0.2) is 44.3 Å². The molecule has 0 aliphatic rings. The van der Waals surface area contributed by atoms with Crippen LogP contribution in [0.4, 0.5) is 0 Å². The van der Waals surface area contributed by atoms with E-state index < -0.39 is 17.8 Å². The molecule has 3 aromatic carbocycles. The van der Waals surface area contributed by atoms with Gasteiger partial charge in [-0.25, -0.2) is 10.2 Å². The minimum atomic E-state index is -0.505. The summed E-state index contributed by atoms with van der Waals surface area (Å²) in [5.41, 5.74) is 4.81. The summed E-state index contributed by atoms with van der Waals surface area (Å²) in [6, 6.07) is 18.5. The second kappa shape index (κ2) is 12.7. The van der Waals surface area contributed by atoms with Crippen molar-refractivity contribution in [2.75, 3.05) is 20.3 Å². The minimum Gasteiger partial charge on any atom is -0.494 e. The Morgan fingerprint density at radius 1 is 0.917 bits per heavy atom. The molecular weight excluding hydrogens is 462 g/mol. The van der Waals surface area contributed by atoms with Crippen LogP contribution in [-0.2, 0) is 4.79 Å². The van der Waals surface area contributed by atoms with Gasteiger partial charge in [0, 0.05) is 5.56 Å². The minimum absolute atomic E-state index is 0.249. The molecule has 0 heterocycles. The molecule has 0 spiro atoms. The molecule has 3 rings (SSSR count). The van der Waals surface area contributed by atoms with Crippen molar-refractivity contribution in [1.82, 2.24) is 10.7 Å². The Balaban J connectivity index is 1.51. The first kappa shape index (κ1) is 26.0. The lowest BCUT2D eigenvalue weighted by Crippen LogP contribution is -2.34. The van der Waals surface area contributed by atoms with Crippen LogP contribution in [0.15, 0.2) is 71.8 Å². The van der Waals surface area contributed by atoms with Crippen molar-refractivity contribution in [3.8, 4) is 17.2 Å². The monoisotopic (exact) mass is 489 g/mol. The van der Waals surface area contributed by atoms with Crippen LogP contribution in [0.2, 0.25) is 0 Å². The number of hydrogen-bond acceptors (Lipinski definition) is 7. The molecule has 0 aliphatic heterocycles. The number of ether oxygens (including phenoxy) is 3. The van der Waals surface area contributed by atoms with Gasteiger partial charge in [0.15, 0.2) is 11.5 Å². The lowest BCUT2D eigenvalue weighted by molar-refractivity contribution is -0.120. The van der Waals surface area contributed by atoms with E-state index in [9.17, 15) is 14.4 Å². The largest absolute Gasteiger partial charge is 0.494 e. The van der Waals surface area contributed by atoms with E-state index in [-0.39, 0.29) is 12.3 Å². The molecule has 3 aromatic rings. The molecule has 2 amide bonds. The van der Waals surface area contributed by atoms with Crippen LogP contribution in [0.3, 0.4) is 0 Å². The number of benzene rings is 3. The van der Waals surface area contributed by atoms with Crippen LogP contribution in [0.25, 0.3) is 0 Å². The lowest BCUT2D eigenvalue weighted by atomic mass is 10.1. The average molecular weight is 490 g/mol. The maximum Gasteiger partial charge on any atom is 0.343 e. The highest BCUT2D eigenvalue weighted by Gasteiger charge is 2.13. The molecule has 186 valence electrons. The number of carbonyl (C=O) groups excluding carboxylic acids is 3. The number of hydrogen-bond donors (Lipinski definition) is 2. The molecule has 2 N–H and O–H groups in total. The molecular formula is C27H27N3O6. The third-order valence-corrected chi connectivity index (χ3v) is 4.92. The van der Waals surface area contributed by atoms with Crippen molar-refractivity contribution in [3.63, 3.8) is 0 Å². The number of hydrazone groups is 1. The summed E-state index contributed by atoms with van der Waals surface area (Å²) in [5.74, 6) is -0.155. The van der Waals surface area contributed by atoms with E-state index in [1.165, 1.54) is 13.3 Å². The van der Waals surface area contributed by atoms with Gasteiger partial charge in [-0.05, 0) is 74.0 Å². The Morgan fingerprint density at radius 3 is 2.28 bits per heavy atom. The second-order valence-electron chi connectivity index (χ2n) is 7.60. The maximum absolute atomic E-state index is 12.4. The summed E-state index contributed by atoms with van der Waals surface area (Å²) in [5, 5.41) is 6.42. The number of aryl methyl sites for hydroxylation is 1. The molecule has 0 atom stereocenters. The average Bonchev–Trinajstić information content (AvgIpc) is 2.89. The fourth-order valence-electron chi connectivity index (χ4n) is 3.05. The third kappa shape index (κ3) is 7.42. The Labute approximate surface area is 209 Å². The molecule has 0 saturated heterocycles. The number of nitrogens with zero attached hydrogens (tertiary/aromatic N) is 1. The SMILES string of the molecule is CCOc1ccc(C(=O)NCC(=O)NN=Cc2ccc(OC(=O)c3ccc(C)cc3)c(OC)c2)cc1. The molecule has 0 radical (unpaired) electrons. The van der Waals surface area contributed by atoms with Crippen molar-refractivity contribution in [2.45, 2.75) is 13.8 Å². The van der Waals surface area contributed by atoms with Gasteiger partial charge in [-0.3, -0.25) is 9.59 Å². The van der Waals surface area contributed by atoms with E-state index in [0.29, 0.717) is 34.8 Å². The van der Waals surface area contributed by atoms with E-state index in [1.807, 2.05) is 26.0 Å². The van der Waals surface area contributed by atoms with Gasteiger partial charge in [0.1, 0.15) is 5.75 Å². The van der Waals surface area contributed by atoms with E-state index >= 15 is 0 Å². The molecule has 36 heavy (non-hydrogen) atoms. The first-order valence-electron chi connectivity index (χ1n) is 11.2. The quantitative estimate of drug-likeness (QED) is 0.195. The van der Waals surface area contributed by atoms with Crippen LogP contribution in [0.1, 0.15) is 38.8 Å². The normalized spacial score (nSPS) is 10.5. The van der Waals surface area contributed by atoms with E-state index in [0.717, 1.165) is 5.56 Å². The second-order valence-corrected chi connectivity index (χ2v) is 7.60. The van der Waals surface area contributed by atoms with Crippen molar-refractivity contribution in [1.29, 1.82) is 0 Å². The summed E-state index contributed by atoms with van der Waals surface area (Å²) >= 11 is 0. The Bertz CT molecular complexity index is 1240. The number of amides is 2. The first-order chi connectivity index (χ1) is 17.4. The summed E-state index contributed by atoms with van der Waals surface area (Å²) in [6.45, 7) is 4.09. The highest BCUT2D eigenvalue weighted by molar-refractivity contribution is 5.96. The van der Waals surface area contributed by atoms with E-state index in [2.05, 4.69) is 15.8 Å². The molecule has 0 aliphatic carbocycles. The number of esters is 1. The summed E-state index contributed by atoms with van der Waals surface area (Å²) in [7, 11) is 1.45. The zero-order chi connectivity index (χ0) is 25.9. The van der Waals surface area contributed by atoms with E-state index in [4.69, 9.17) is 14.2 Å². The Morgan fingerprint density at radius 2 is 1.61 bits per heavy atom. The van der Waals surface area contributed by atoms with Crippen LogP contribution >= 0.6 is 0 Å². The standard InChI is InChI=1S/C27H27N3O6/c1-4-35-22-12-10-20(11-13-22)26(32)28-17-25(31)30-29-16-19-7-14-23(24(15-19)34-3)36-27(33)21-8-5-18(2)6-9-21/h5-16H,4,17H2,1-3H3,(H,28,32)(H,30,31). The van der Waals surface area contributed by atoms with Gasteiger partial charge in [-0.1, -0.05) is 17.7 Å². The summed E-state index contributed by atoms with van der Waals surface area (Å²) in [4.78, 5) is 36.6. The summed E-state index contributed by atoms with van der Waals surface area (Å²) in [6.07, 6.45) is 1.40. The van der Waals surface area contributed by atoms with Crippen molar-refractivity contribution < 1.29 is 28.6 Å². The van der Waals surface area contributed by atoms with Gasteiger partial charge in [0.2, 0.25) is 0 Å². The van der Waals surface area contributed by atoms with Gasteiger partial charge in [-0.2, -0.15) is 5.10 Å². The molecule has 0 bridgehead atoms. The van der Waals surface area contributed by atoms with E-state index in [1.54, 1.807) is 54.6 Å². The number of nitrogens with one attached hydrogen (secondary N) is 2. The zero-order valence-electron chi connectivity index (χ0n) is 20.2. The molecule has 0 unspecified atom stereocenters. The smallest absolute Gasteiger partial charge is 0.343 e. The highest BCUT2D eigenvalue weighted by atomic mass is 16.6. The van der Waals surface area contributed by atoms with Crippen molar-refractivity contribution in [2.24, 2.45) is 5.10 Å². The van der Waals surface area contributed by atoms with Gasteiger partial charge in [0.05, 0.1) is 32.0 Å². The highest BCUT2D eigenvalue weighted by Crippen LogP contribution is 2.28. The van der Waals surface area contributed by atoms with Crippen molar-refractivity contribution in [3.05, 3.63) is 89.0 Å². The molecule has 9 heteroatoms. The molecule has 0 fully saturated rings. The lowest BCUT2D eigenvalue weighted by Gasteiger charge is -2.10. The van der Waals surface area contributed by atoms with Crippen LogP contribution < -0.4 is 25.0 Å². The predicted octanol–water partition coefficient (Wildman–Crippen LogP) is 3.50.